The van der Waals surface area contributed by atoms with Gasteiger partial charge in [0.2, 0.25) is 11.8 Å². The number of aromatic nitrogens is 2. The zero-order valence-electron chi connectivity index (χ0n) is 15.9. The van der Waals surface area contributed by atoms with Crippen LogP contribution in [0.15, 0.2) is 35.5 Å². The van der Waals surface area contributed by atoms with Gasteiger partial charge < -0.3 is 9.47 Å². The van der Waals surface area contributed by atoms with Crippen molar-refractivity contribution in [1.82, 2.24) is 9.97 Å². The highest BCUT2D eigenvalue weighted by Gasteiger charge is 2.36. The molecule has 146 valence electrons. The molecule has 1 aromatic heterocycles. The Hall–Kier alpha value is -2.03. The summed E-state index contributed by atoms with van der Waals surface area (Å²) in [6.07, 6.45) is 0. The highest BCUT2D eigenvalue weighted by atomic mass is 35.5. The molecule has 0 radical (unpaired) electrons. The monoisotopic (exact) mass is 410 g/mol. The number of hydrogen-bond donors (Lipinski definition) is 1. The maximum atomic E-state index is 13.1. The second kappa shape index (κ2) is 8.77. The van der Waals surface area contributed by atoms with Crippen molar-refractivity contribution >= 4 is 35.0 Å². The van der Waals surface area contributed by atoms with Crippen LogP contribution in [0.2, 0.25) is 5.02 Å². The SMILES string of the molecule is COc1cc(OC)nc(SC(C(=O)N(N)c2cccc(Cl)c2)C(C)(C)C)n1. The maximum Gasteiger partial charge on any atom is 0.255 e. The summed E-state index contributed by atoms with van der Waals surface area (Å²) in [5.74, 6) is 6.50. The third kappa shape index (κ3) is 5.47. The van der Waals surface area contributed by atoms with Crippen LogP contribution < -0.4 is 20.3 Å². The molecule has 1 aromatic carbocycles. The summed E-state index contributed by atoms with van der Waals surface area (Å²) in [5, 5.41) is 1.40. The third-order valence-electron chi connectivity index (χ3n) is 3.63. The van der Waals surface area contributed by atoms with E-state index in [1.165, 1.54) is 26.0 Å². The lowest BCUT2D eigenvalue weighted by Gasteiger charge is -2.31. The van der Waals surface area contributed by atoms with E-state index >= 15 is 0 Å². The predicted octanol–water partition coefficient (Wildman–Crippen LogP) is 3.56. The van der Waals surface area contributed by atoms with E-state index in [0.29, 0.717) is 27.6 Å². The molecule has 1 amide bonds. The van der Waals surface area contributed by atoms with Gasteiger partial charge in [0, 0.05) is 5.02 Å². The van der Waals surface area contributed by atoms with Crippen LogP contribution in [0.1, 0.15) is 20.8 Å². The van der Waals surface area contributed by atoms with Crippen molar-refractivity contribution in [3.63, 3.8) is 0 Å². The first-order valence-corrected chi connectivity index (χ1v) is 9.39. The number of halogens is 1. The lowest BCUT2D eigenvalue weighted by Crippen LogP contribution is -2.47. The lowest BCUT2D eigenvalue weighted by atomic mass is 9.91. The van der Waals surface area contributed by atoms with Crippen molar-refractivity contribution in [3.05, 3.63) is 35.4 Å². The van der Waals surface area contributed by atoms with Gasteiger partial charge in [-0.05, 0) is 23.6 Å². The van der Waals surface area contributed by atoms with E-state index < -0.39 is 10.7 Å². The van der Waals surface area contributed by atoms with Crippen LogP contribution in [0.3, 0.4) is 0 Å². The molecule has 0 fully saturated rings. The molecule has 0 spiro atoms. The zero-order chi connectivity index (χ0) is 20.2. The first-order chi connectivity index (χ1) is 12.7. The average molecular weight is 411 g/mol. The summed E-state index contributed by atoms with van der Waals surface area (Å²) in [6.45, 7) is 5.85. The Balaban J connectivity index is 2.34. The maximum absolute atomic E-state index is 13.1. The van der Waals surface area contributed by atoms with E-state index in [4.69, 9.17) is 26.9 Å². The quantitative estimate of drug-likeness (QED) is 0.256. The van der Waals surface area contributed by atoms with Crippen molar-refractivity contribution in [3.8, 4) is 11.8 Å². The van der Waals surface area contributed by atoms with Crippen LogP contribution in [0.25, 0.3) is 0 Å². The largest absolute Gasteiger partial charge is 0.481 e. The van der Waals surface area contributed by atoms with E-state index in [-0.39, 0.29) is 5.91 Å². The molecule has 0 aliphatic carbocycles. The zero-order valence-corrected chi connectivity index (χ0v) is 17.5. The standard InChI is InChI=1S/C18H23ClN4O3S/c1-18(2,3)15(16(24)23(20)12-8-6-7-11(19)9-12)27-17-21-13(25-4)10-14(22-17)26-5/h6-10,15H,20H2,1-5H3. The number of benzene rings is 1. The van der Waals surface area contributed by atoms with Gasteiger partial charge in [-0.15, -0.1) is 0 Å². The number of amides is 1. The fraction of sp³-hybridized carbons (Fsp3) is 0.389. The number of anilines is 1. The molecule has 0 saturated heterocycles. The van der Waals surface area contributed by atoms with Crippen molar-refractivity contribution < 1.29 is 14.3 Å². The minimum absolute atomic E-state index is 0.292. The summed E-state index contributed by atoms with van der Waals surface area (Å²) >= 11 is 7.22. The smallest absolute Gasteiger partial charge is 0.255 e. The molecule has 27 heavy (non-hydrogen) atoms. The summed E-state index contributed by atoms with van der Waals surface area (Å²) in [7, 11) is 3.01. The van der Waals surface area contributed by atoms with E-state index in [2.05, 4.69) is 9.97 Å². The van der Waals surface area contributed by atoms with Gasteiger partial charge in [0.15, 0.2) is 5.16 Å². The number of carbonyl (C=O) groups is 1. The van der Waals surface area contributed by atoms with Gasteiger partial charge in [-0.25, -0.2) is 10.9 Å². The molecule has 2 aromatic rings. The Morgan fingerprint density at radius 3 is 2.26 bits per heavy atom. The number of hydrazine groups is 1. The van der Waals surface area contributed by atoms with Crippen molar-refractivity contribution in [2.24, 2.45) is 11.3 Å². The molecular weight excluding hydrogens is 388 g/mol. The molecule has 2 N–H and O–H groups in total. The van der Waals surface area contributed by atoms with Gasteiger partial charge in [0.1, 0.15) is 0 Å². The molecule has 0 bridgehead atoms. The third-order valence-corrected chi connectivity index (χ3v) is 5.41. The van der Waals surface area contributed by atoms with E-state index in [1.54, 1.807) is 30.3 Å². The topological polar surface area (TPSA) is 90.6 Å². The first-order valence-electron chi connectivity index (χ1n) is 8.13. The molecule has 0 aliphatic rings. The number of thioether (sulfide) groups is 1. The van der Waals surface area contributed by atoms with Crippen LogP contribution in [0.4, 0.5) is 5.69 Å². The van der Waals surface area contributed by atoms with Crippen molar-refractivity contribution in [2.45, 2.75) is 31.2 Å². The van der Waals surface area contributed by atoms with Gasteiger partial charge in [-0.1, -0.05) is 50.2 Å². The molecule has 1 unspecified atom stereocenters. The van der Waals surface area contributed by atoms with Crippen molar-refractivity contribution in [1.29, 1.82) is 0 Å². The van der Waals surface area contributed by atoms with Gasteiger partial charge in [-0.3, -0.25) is 4.79 Å². The Bertz CT molecular complexity index is 791. The summed E-state index contributed by atoms with van der Waals surface area (Å²) in [6, 6.07) is 8.38. The summed E-state index contributed by atoms with van der Waals surface area (Å²) in [5.41, 5.74) is 0.0870. The molecule has 0 aliphatic heterocycles. The van der Waals surface area contributed by atoms with Crippen LogP contribution >= 0.6 is 23.4 Å². The van der Waals surface area contributed by atoms with E-state index in [1.807, 2.05) is 20.8 Å². The number of ether oxygens (including phenoxy) is 2. The van der Waals surface area contributed by atoms with E-state index in [9.17, 15) is 4.79 Å². The molecule has 1 heterocycles. The summed E-state index contributed by atoms with van der Waals surface area (Å²) in [4.78, 5) is 21.7. The fourth-order valence-corrected chi connectivity index (χ4v) is 3.48. The van der Waals surface area contributed by atoms with Crippen LogP contribution in [0.5, 0.6) is 11.8 Å². The van der Waals surface area contributed by atoms with Gasteiger partial charge in [0.25, 0.3) is 5.91 Å². The fourth-order valence-electron chi connectivity index (χ4n) is 2.23. The molecule has 7 nitrogen and oxygen atoms in total. The first kappa shape index (κ1) is 21.3. The number of rotatable bonds is 6. The molecule has 9 heteroatoms. The normalized spacial score (nSPS) is 12.4. The second-order valence-corrected chi connectivity index (χ2v) is 8.30. The van der Waals surface area contributed by atoms with Crippen molar-refractivity contribution in [2.75, 3.05) is 19.2 Å². The van der Waals surface area contributed by atoms with Gasteiger partial charge in [-0.2, -0.15) is 9.97 Å². The number of hydrogen-bond acceptors (Lipinski definition) is 7. The average Bonchev–Trinajstić information content (AvgIpc) is 2.63. The predicted molar refractivity (Wildman–Crippen MR) is 107 cm³/mol. The minimum Gasteiger partial charge on any atom is -0.481 e. The molecule has 0 saturated carbocycles. The van der Waals surface area contributed by atoms with Gasteiger partial charge in [0.05, 0.1) is 31.2 Å². The lowest BCUT2D eigenvalue weighted by molar-refractivity contribution is -0.119. The van der Waals surface area contributed by atoms with Crippen LogP contribution in [0, 0.1) is 5.41 Å². The highest BCUT2D eigenvalue weighted by molar-refractivity contribution is 8.00. The highest BCUT2D eigenvalue weighted by Crippen LogP contribution is 2.37. The number of carbonyl (C=O) groups excluding carboxylic acids is 1. The molecule has 1 atom stereocenters. The molecule has 2 rings (SSSR count). The summed E-state index contributed by atoms with van der Waals surface area (Å²) < 4.78 is 10.4. The Morgan fingerprint density at radius 2 is 1.78 bits per heavy atom. The second-order valence-electron chi connectivity index (χ2n) is 6.79. The number of nitrogens with zero attached hydrogens (tertiary/aromatic N) is 3. The van der Waals surface area contributed by atoms with Gasteiger partial charge >= 0.3 is 0 Å². The number of nitrogens with two attached hydrogens (primary N) is 1. The Labute approximate surface area is 168 Å². The Morgan fingerprint density at radius 1 is 1.19 bits per heavy atom. The van der Waals surface area contributed by atoms with Crippen LogP contribution in [-0.2, 0) is 4.79 Å². The van der Waals surface area contributed by atoms with Crippen LogP contribution in [-0.4, -0.2) is 35.3 Å². The minimum atomic E-state index is -0.557. The van der Waals surface area contributed by atoms with E-state index in [0.717, 1.165) is 5.01 Å². The molecular formula is C18H23ClN4O3S. The number of methoxy groups -OCH3 is 2. The Kier molecular flexibility index (Phi) is 6.91.